The summed E-state index contributed by atoms with van der Waals surface area (Å²) in [5.74, 6) is 1.65. The van der Waals surface area contributed by atoms with Crippen LogP contribution in [-0.2, 0) is 17.1 Å². The van der Waals surface area contributed by atoms with Crippen LogP contribution < -0.4 is 4.74 Å². The molecule has 1 aliphatic carbocycles. The van der Waals surface area contributed by atoms with Gasteiger partial charge in [0.2, 0.25) is 5.76 Å². The molecule has 2 heterocycles. The number of benzene rings is 2. The highest BCUT2D eigenvalue weighted by Gasteiger charge is 2.30. The quantitative estimate of drug-likeness (QED) is 0.211. The molecule has 9 heteroatoms. The Morgan fingerprint density at radius 2 is 1.97 bits per heavy atom. The Hall–Kier alpha value is -2.97. The van der Waals surface area contributed by atoms with Crippen molar-refractivity contribution in [1.29, 1.82) is 0 Å². The van der Waals surface area contributed by atoms with Gasteiger partial charge in [0.15, 0.2) is 11.0 Å². The van der Waals surface area contributed by atoms with Crippen LogP contribution in [0.1, 0.15) is 47.7 Å². The van der Waals surface area contributed by atoms with Gasteiger partial charge in [-0.25, -0.2) is 4.79 Å². The van der Waals surface area contributed by atoms with E-state index in [1.165, 1.54) is 11.8 Å². The van der Waals surface area contributed by atoms with Crippen molar-refractivity contribution in [3.05, 3.63) is 70.7 Å². The Morgan fingerprint density at radius 1 is 1.18 bits per heavy atom. The number of hydrogen-bond donors (Lipinski definition) is 0. The molecule has 0 bridgehead atoms. The average Bonchev–Trinajstić information content (AvgIpc) is 3.47. The molecule has 1 fully saturated rings. The van der Waals surface area contributed by atoms with E-state index in [9.17, 15) is 4.79 Å². The van der Waals surface area contributed by atoms with Crippen LogP contribution in [0.3, 0.4) is 0 Å². The Labute approximate surface area is 200 Å². The lowest BCUT2D eigenvalue weighted by molar-refractivity contribution is 0.0491. The number of carbonyl (C=O) groups excluding carboxylic acids is 1. The first-order chi connectivity index (χ1) is 16.2. The van der Waals surface area contributed by atoms with Crippen LogP contribution in [0, 0.1) is 0 Å². The number of rotatable bonds is 9. The number of fused-ring (bicyclic) bond motifs is 1. The van der Waals surface area contributed by atoms with Gasteiger partial charge in [0.05, 0.1) is 11.6 Å². The van der Waals surface area contributed by atoms with E-state index >= 15 is 0 Å². The summed E-state index contributed by atoms with van der Waals surface area (Å²) in [5, 5.41) is 11.0. The fourth-order valence-corrected chi connectivity index (χ4v) is 4.89. The number of para-hydroxylation sites is 2. The number of nitrogens with zero attached hydrogens (tertiary/aromatic N) is 3. The lowest BCUT2D eigenvalue weighted by Crippen LogP contribution is -2.08. The van der Waals surface area contributed by atoms with Gasteiger partial charge in [-0.1, -0.05) is 53.7 Å². The first-order valence-electron chi connectivity index (χ1n) is 10.8. The summed E-state index contributed by atoms with van der Waals surface area (Å²) in [5.41, 5.74) is 1.46. The molecule has 0 saturated heterocycles. The van der Waals surface area contributed by atoms with E-state index in [0.717, 1.165) is 34.8 Å². The molecule has 7 nitrogen and oxygen atoms in total. The lowest BCUT2D eigenvalue weighted by atomic mass is 10.1. The minimum atomic E-state index is -0.457. The van der Waals surface area contributed by atoms with Crippen LogP contribution >= 0.6 is 23.4 Å². The third-order valence-corrected chi connectivity index (χ3v) is 6.63. The highest BCUT2D eigenvalue weighted by Crippen LogP contribution is 2.40. The van der Waals surface area contributed by atoms with E-state index in [1.54, 1.807) is 13.0 Å². The summed E-state index contributed by atoms with van der Waals surface area (Å²) in [7, 11) is 0. The molecule has 0 spiro atoms. The first-order valence-corrected chi connectivity index (χ1v) is 12.1. The van der Waals surface area contributed by atoms with Gasteiger partial charge >= 0.3 is 5.97 Å². The number of halogens is 1. The molecule has 0 atom stereocenters. The minimum Gasteiger partial charge on any atom is -0.484 e. The van der Waals surface area contributed by atoms with E-state index in [4.69, 9.17) is 25.5 Å². The number of hydrogen-bond acceptors (Lipinski definition) is 7. The number of furan rings is 1. The van der Waals surface area contributed by atoms with Crippen LogP contribution in [0.5, 0.6) is 5.75 Å². The zero-order chi connectivity index (χ0) is 22.8. The van der Waals surface area contributed by atoms with Crippen molar-refractivity contribution in [3.63, 3.8) is 0 Å². The second-order valence-corrected chi connectivity index (χ2v) is 8.98. The summed E-state index contributed by atoms with van der Waals surface area (Å²) in [4.78, 5) is 12.5. The van der Waals surface area contributed by atoms with Crippen molar-refractivity contribution in [3.8, 4) is 5.75 Å². The molecular weight excluding hydrogens is 462 g/mol. The van der Waals surface area contributed by atoms with Crippen molar-refractivity contribution in [1.82, 2.24) is 14.8 Å². The zero-order valence-electron chi connectivity index (χ0n) is 18.0. The minimum absolute atomic E-state index is 0.241. The number of thioether (sulfide) groups is 1. The van der Waals surface area contributed by atoms with E-state index < -0.39 is 5.97 Å². The molecular formula is C24H22ClN3O4S. The Kier molecular flexibility index (Phi) is 6.28. The van der Waals surface area contributed by atoms with Crippen molar-refractivity contribution < 1.29 is 18.7 Å². The molecule has 0 radical (unpaired) electrons. The van der Waals surface area contributed by atoms with Crippen LogP contribution in [0.4, 0.5) is 0 Å². The summed E-state index contributed by atoms with van der Waals surface area (Å²) >= 11 is 7.73. The molecule has 5 rings (SSSR count). The zero-order valence-corrected chi connectivity index (χ0v) is 19.6. The summed E-state index contributed by atoms with van der Waals surface area (Å²) < 4.78 is 19.1. The Balaban J connectivity index is 1.38. The van der Waals surface area contributed by atoms with Crippen molar-refractivity contribution in [2.24, 2.45) is 0 Å². The molecule has 1 aliphatic rings. The Bertz CT molecular complexity index is 1300. The number of carbonyl (C=O) groups is 1. The first kappa shape index (κ1) is 21.9. The van der Waals surface area contributed by atoms with Crippen LogP contribution in [-0.4, -0.2) is 27.3 Å². The van der Waals surface area contributed by atoms with Gasteiger partial charge in [-0.05, 0) is 38.0 Å². The van der Waals surface area contributed by atoms with Gasteiger partial charge in [-0.2, -0.15) is 0 Å². The second-order valence-electron chi connectivity index (χ2n) is 7.63. The van der Waals surface area contributed by atoms with Gasteiger partial charge in [-0.15, -0.1) is 10.2 Å². The molecule has 1 saturated carbocycles. The lowest BCUT2D eigenvalue weighted by Gasteiger charge is -2.11. The largest absolute Gasteiger partial charge is 0.484 e. The maximum Gasteiger partial charge on any atom is 0.374 e. The predicted molar refractivity (Wildman–Crippen MR) is 126 cm³/mol. The third kappa shape index (κ3) is 4.58. The fourth-order valence-electron chi connectivity index (χ4n) is 3.65. The summed E-state index contributed by atoms with van der Waals surface area (Å²) in [6, 6.07) is 15.3. The van der Waals surface area contributed by atoms with Crippen LogP contribution in [0.15, 0.2) is 58.1 Å². The van der Waals surface area contributed by atoms with Gasteiger partial charge in [0.25, 0.3) is 0 Å². The third-order valence-electron chi connectivity index (χ3n) is 5.35. The standard InChI is InChI=1S/C24H22ClN3O4S/c1-2-30-23(29)22-17(16-7-3-5-9-19(16)32-22)14-33-24-27-26-21(28(24)15-11-12-15)13-31-20-10-6-4-8-18(20)25/h3-10,15H,2,11-14H2,1H3. The van der Waals surface area contributed by atoms with Crippen LogP contribution in [0.2, 0.25) is 5.02 Å². The van der Waals surface area contributed by atoms with Crippen molar-refractivity contribution in [2.75, 3.05) is 6.61 Å². The fraction of sp³-hybridized carbons (Fsp3) is 0.292. The predicted octanol–water partition coefficient (Wildman–Crippen LogP) is 6.06. The van der Waals surface area contributed by atoms with Crippen molar-refractivity contribution in [2.45, 2.75) is 43.3 Å². The normalized spacial score (nSPS) is 13.4. The average molecular weight is 484 g/mol. The van der Waals surface area contributed by atoms with Gasteiger partial charge < -0.3 is 13.9 Å². The molecule has 33 heavy (non-hydrogen) atoms. The maximum atomic E-state index is 12.5. The SMILES string of the molecule is CCOC(=O)c1oc2ccccc2c1CSc1nnc(COc2ccccc2Cl)n1C1CC1. The Morgan fingerprint density at radius 3 is 2.76 bits per heavy atom. The van der Waals surface area contributed by atoms with E-state index in [2.05, 4.69) is 14.8 Å². The molecule has 0 aliphatic heterocycles. The smallest absolute Gasteiger partial charge is 0.374 e. The highest BCUT2D eigenvalue weighted by atomic mass is 35.5. The summed E-state index contributed by atoms with van der Waals surface area (Å²) in [6.07, 6.45) is 2.15. The highest BCUT2D eigenvalue weighted by molar-refractivity contribution is 7.98. The van der Waals surface area contributed by atoms with Crippen molar-refractivity contribution >= 4 is 40.3 Å². The van der Waals surface area contributed by atoms with E-state index in [1.807, 2.05) is 42.5 Å². The van der Waals surface area contributed by atoms with Gasteiger partial charge in [-0.3, -0.25) is 4.57 Å². The molecule has 170 valence electrons. The number of ether oxygens (including phenoxy) is 2. The summed E-state index contributed by atoms with van der Waals surface area (Å²) in [6.45, 7) is 2.34. The maximum absolute atomic E-state index is 12.5. The number of esters is 1. The topological polar surface area (TPSA) is 79.4 Å². The van der Waals surface area contributed by atoms with Gasteiger partial charge in [0, 0.05) is 22.7 Å². The van der Waals surface area contributed by atoms with Crippen LogP contribution in [0.25, 0.3) is 11.0 Å². The van der Waals surface area contributed by atoms with E-state index in [-0.39, 0.29) is 19.0 Å². The molecule has 4 aromatic rings. The van der Waals surface area contributed by atoms with E-state index in [0.29, 0.717) is 28.1 Å². The molecule has 0 amide bonds. The molecule has 2 aromatic heterocycles. The molecule has 2 aromatic carbocycles. The second kappa shape index (κ2) is 9.49. The monoisotopic (exact) mass is 483 g/mol. The number of aromatic nitrogens is 3. The van der Waals surface area contributed by atoms with Gasteiger partial charge in [0.1, 0.15) is 17.9 Å². The molecule has 0 unspecified atom stereocenters. The molecule has 0 N–H and O–H groups in total.